The van der Waals surface area contributed by atoms with Gasteiger partial charge in [-0.25, -0.2) is 9.78 Å². The first-order valence-electron chi connectivity index (χ1n) is 7.42. The molecule has 2 N–H and O–H groups in total. The third-order valence-corrected chi connectivity index (χ3v) is 3.66. The summed E-state index contributed by atoms with van der Waals surface area (Å²) in [6, 6.07) is 15.5. The quantitative estimate of drug-likeness (QED) is 0.607. The van der Waals surface area contributed by atoms with Crippen LogP contribution in [0, 0.1) is 0 Å². The number of rotatable bonds is 3. The number of benzene rings is 1. The Morgan fingerprint density at radius 1 is 0.875 bits per heavy atom. The Kier molecular flexibility index (Phi) is 3.47. The molecule has 116 valence electrons. The first-order valence-corrected chi connectivity index (χ1v) is 7.42. The van der Waals surface area contributed by atoms with Gasteiger partial charge in [0.15, 0.2) is 5.65 Å². The first-order chi connectivity index (χ1) is 11.8. The number of anilines is 2. The van der Waals surface area contributed by atoms with Crippen LogP contribution in [0.1, 0.15) is 0 Å². The monoisotopic (exact) mass is 315 g/mol. The molecule has 6 nitrogen and oxygen atoms in total. The highest BCUT2D eigenvalue weighted by atomic mass is 16.1. The van der Waals surface area contributed by atoms with Gasteiger partial charge in [-0.05, 0) is 47.5 Å². The summed E-state index contributed by atoms with van der Waals surface area (Å²) in [6.45, 7) is 0. The van der Waals surface area contributed by atoms with Gasteiger partial charge in [-0.1, -0.05) is 12.1 Å². The van der Waals surface area contributed by atoms with Gasteiger partial charge < -0.3 is 5.32 Å². The topological polar surface area (TPSA) is 83.6 Å². The van der Waals surface area contributed by atoms with Crippen LogP contribution in [-0.2, 0) is 0 Å². The summed E-state index contributed by atoms with van der Waals surface area (Å²) < 4.78 is 0. The van der Waals surface area contributed by atoms with Crippen molar-refractivity contribution in [2.45, 2.75) is 0 Å². The fourth-order valence-electron chi connectivity index (χ4n) is 2.51. The molecule has 0 bridgehead atoms. The Morgan fingerprint density at radius 2 is 1.62 bits per heavy atom. The number of aromatic nitrogens is 4. The van der Waals surface area contributed by atoms with Crippen molar-refractivity contribution in [3.05, 3.63) is 77.6 Å². The lowest BCUT2D eigenvalue weighted by Gasteiger charge is -2.09. The zero-order chi connectivity index (χ0) is 16.4. The van der Waals surface area contributed by atoms with Gasteiger partial charge in [0.25, 0.3) is 0 Å². The third kappa shape index (κ3) is 2.72. The number of aromatic amines is 1. The van der Waals surface area contributed by atoms with Gasteiger partial charge in [0, 0.05) is 24.3 Å². The molecular formula is C18H13N5O. The maximum absolute atomic E-state index is 11.7. The maximum Gasteiger partial charge on any atom is 0.348 e. The Labute approximate surface area is 137 Å². The molecule has 0 radical (unpaired) electrons. The molecule has 0 aliphatic heterocycles. The molecule has 0 atom stereocenters. The minimum Gasteiger partial charge on any atom is -0.341 e. The van der Waals surface area contributed by atoms with Gasteiger partial charge in [-0.2, -0.15) is 4.98 Å². The van der Waals surface area contributed by atoms with E-state index in [9.17, 15) is 4.79 Å². The van der Waals surface area contributed by atoms with Crippen LogP contribution in [0.5, 0.6) is 0 Å². The van der Waals surface area contributed by atoms with Crippen molar-refractivity contribution in [1.82, 2.24) is 19.9 Å². The minimum atomic E-state index is -0.433. The normalized spacial score (nSPS) is 10.7. The van der Waals surface area contributed by atoms with Crippen LogP contribution in [0.4, 0.5) is 11.5 Å². The van der Waals surface area contributed by atoms with Crippen LogP contribution in [0.25, 0.3) is 22.2 Å². The maximum atomic E-state index is 11.7. The number of H-pyrrole nitrogens is 1. The molecule has 3 aromatic heterocycles. The van der Waals surface area contributed by atoms with Crippen LogP contribution < -0.4 is 11.0 Å². The molecule has 0 fully saturated rings. The van der Waals surface area contributed by atoms with Crippen molar-refractivity contribution < 1.29 is 0 Å². The van der Waals surface area contributed by atoms with E-state index in [2.05, 4.69) is 25.3 Å². The zero-order valence-corrected chi connectivity index (χ0v) is 12.6. The number of nitrogens with zero attached hydrogens (tertiary/aromatic N) is 3. The number of fused-ring (bicyclic) bond motifs is 1. The SMILES string of the molecule is O=c1nc2ncccc2c(Nc2ccc(-c3ccncc3)cc2)[nH]1. The van der Waals surface area contributed by atoms with Gasteiger partial charge in [-0.15, -0.1) is 0 Å². The molecule has 0 saturated carbocycles. The average Bonchev–Trinajstić information content (AvgIpc) is 2.63. The summed E-state index contributed by atoms with van der Waals surface area (Å²) >= 11 is 0. The van der Waals surface area contributed by atoms with E-state index in [4.69, 9.17) is 0 Å². The lowest BCUT2D eigenvalue weighted by atomic mass is 10.1. The summed E-state index contributed by atoms with van der Waals surface area (Å²) in [5, 5.41) is 3.98. The summed E-state index contributed by atoms with van der Waals surface area (Å²) in [5.74, 6) is 0.578. The highest BCUT2D eigenvalue weighted by Gasteiger charge is 2.06. The standard InChI is InChI=1S/C18H13N5O/c24-18-22-16-15(2-1-9-20-16)17(23-18)21-14-5-3-12(4-6-14)13-7-10-19-11-8-13/h1-11H,(H2,20,21,22,23,24). The van der Waals surface area contributed by atoms with Crippen molar-refractivity contribution in [3.8, 4) is 11.1 Å². The Morgan fingerprint density at radius 3 is 2.42 bits per heavy atom. The molecule has 4 rings (SSSR count). The molecule has 6 heteroatoms. The minimum absolute atomic E-state index is 0.414. The largest absolute Gasteiger partial charge is 0.348 e. The van der Waals surface area contributed by atoms with Gasteiger partial charge in [0.2, 0.25) is 0 Å². The summed E-state index contributed by atoms with van der Waals surface area (Å²) in [4.78, 5) is 26.4. The molecule has 0 spiro atoms. The van der Waals surface area contributed by atoms with Crippen molar-refractivity contribution in [1.29, 1.82) is 0 Å². The summed E-state index contributed by atoms with van der Waals surface area (Å²) in [7, 11) is 0. The second-order valence-corrected chi connectivity index (χ2v) is 5.23. The Hall–Kier alpha value is -3.54. The second kappa shape index (κ2) is 5.92. The summed E-state index contributed by atoms with van der Waals surface area (Å²) in [5.41, 5.74) is 3.04. The molecule has 0 aliphatic rings. The van der Waals surface area contributed by atoms with E-state index >= 15 is 0 Å². The third-order valence-electron chi connectivity index (χ3n) is 3.66. The predicted molar refractivity (Wildman–Crippen MR) is 93.1 cm³/mol. The number of hydrogen-bond donors (Lipinski definition) is 2. The van der Waals surface area contributed by atoms with E-state index < -0.39 is 5.69 Å². The number of pyridine rings is 2. The van der Waals surface area contributed by atoms with E-state index in [0.717, 1.165) is 22.2 Å². The van der Waals surface area contributed by atoms with Crippen molar-refractivity contribution in [2.24, 2.45) is 0 Å². The van der Waals surface area contributed by atoms with Crippen LogP contribution in [0.3, 0.4) is 0 Å². The first kappa shape index (κ1) is 14.1. The van der Waals surface area contributed by atoms with E-state index in [1.165, 1.54) is 0 Å². The highest BCUT2D eigenvalue weighted by Crippen LogP contribution is 2.24. The second-order valence-electron chi connectivity index (χ2n) is 5.23. The molecule has 0 saturated heterocycles. The van der Waals surface area contributed by atoms with Crippen LogP contribution in [0.15, 0.2) is 71.9 Å². The molecule has 0 aliphatic carbocycles. The van der Waals surface area contributed by atoms with Gasteiger partial charge in [-0.3, -0.25) is 9.97 Å². The summed E-state index contributed by atoms with van der Waals surface area (Å²) in [6.07, 6.45) is 5.15. The van der Waals surface area contributed by atoms with E-state index in [0.29, 0.717) is 11.5 Å². The van der Waals surface area contributed by atoms with Crippen LogP contribution in [-0.4, -0.2) is 19.9 Å². The fourth-order valence-corrected chi connectivity index (χ4v) is 2.51. The number of nitrogens with one attached hydrogen (secondary N) is 2. The van der Waals surface area contributed by atoms with Crippen molar-refractivity contribution in [2.75, 3.05) is 5.32 Å². The average molecular weight is 315 g/mol. The smallest absolute Gasteiger partial charge is 0.341 e. The molecule has 4 aromatic rings. The molecule has 0 amide bonds. The van der Waals surface area contributed by atoms with Crippen molar-refractivity contribution >= 4 is 22.5 Å². The van der Waals surface area contributed by atoms with Gasteiger partial charge in [0.05, 0.1) is 5.39 Å². The van der Waals surface area contributed by atoms with Gasteiger partial charge >= 0.3 is 5.69 Å². The zero-order valence-electron chi connectivity index (χ0n) is 12.6. The van der Waals surface area contributed by atoms with E-state index in [1.54, 1.807) is 24.7 Å². The van der Waals surface area contributed by atoms with Crippen LogP contribution >= 0.6 is 0 Å². The molecule has 0 unspecified atom stereocenters. The highest BCUT2D eigenvalue weighted by molar-refractivity contribution is 5.88. The Balaban J connectivity index is 1.68. The number of hydrogen-bond acceptors (Lipinski definition) is 5. The van der Waals surface area contributed by atoms with E-state index in [1.807, 2.05) is 42.5 Å². The van der Waals surface area contributed by atoms with E-state index in [-0.39, 0.29) is 0 Å². The molecule has 24 heavy (non-hydrogen) atoms. The Bertz CT molecular complexity index is 1040. The van der Waals surface area contributed by atoms with Gasteiger partial charge in [0.1, 0.15) is 5.82 Å². The lowest BCUT2D eigenvalue weighted by molar-refractivity contribution is 1.10. The fraction of sp³-hybridized carbons (Fsp3) is 0. The van der Waals surface area contributed by atoms with Crippen LogP contribution in [0.2, 0.25) is 0 Å². The molecular weight excluding hydrogens is 302 g/mol. The van der Waals surface area contributed by atoms with Crippen molar-refractivity contribution in [3.63, 3.8) is 0 Å². The molecule has 3 heterocycles. The lowest BCUT2D eigenvalue weighted by Crippen LogP contribution is -2.13. The molecule has 1 aromatic carbocycles. The predicted octanol–water partition coefficient (Wildman–Crippen LogP) is 3.12.